The molecule has 0 spiro atoms. The summed E-state index contributed by atoms with van der Waals surface area (Å²) in [5, 5.41) is 42.4. The van der Waals surface area contributed by atoms with Gasteiger partial charge in [0.05, 0.1) is 23.3 Å². The van der Waals surface area contributed by atoms with E-state index < -0.39 is 54.1 Å². The van der Waals surface area contributed by atoms with Crippen LogP contribution in [0.1, 0.15) is 36.0 Å². The average molecular weight is 618 g/mol. The van der Waals surface area contributed by atoms with Crippen molar-refractivity contribution in [1.29, 1.82) is 0 Å². The molecule has 0 aliphatic carbocycles. The maximum absolute atomic E-state index is 12.5. The molecule has 0 saturated carbocycles. The Balaban J connectivity index is 1.71. The Labute approximate surface area is 251 Å². The second-order valence-corrected chi connectivity index (χ2v) is 9.34. The molecule has 17 heteroatoms. The average Bonchev–Trinajstić information content (AvgIpc) is 2.97. The van der Waals surface area contributed by atoms with Crippen molar-refractivity contribution in [1.82, 2.24) is 31.6 Å². The molecule has 44 heavy (non-hydrogen) atoms. The number of carboxylic acid groups (broad SMARTS) is 3. The normalized spacial score (nSPS) is 11.3. The molecule has 238 valence electrons. The molecule has 2 rings (SSSR count). The number of aromatic nitrogens is 1. The van der Waals surface area contributed by atoms with Crippen LogP contribution in [0.4, 0.5) is 5.69 Å². The van der Waals surface area contributed by atoms with Gasteiger partial charge in [-0.3, -0.25) is 38.5 Å². The van der Waals surface area contributed by atoms with E-state index in [0.717, 1.165) is 0 Å². The first-order valence-corrected chi connectivity index (χ1v) is 13.6. The van der Waals surface area contributed by atoms with Gasteiger partial charge in [0.15, 0.2) is 0 Å². The van der Waals surface area contributed by atoms with Crippen LogP contribution in [0.2, 0.25) is 0 Å². The number of hydrogen-bond donors (Lipinski definition) is 9. The maximum Gasteiger partial charge on any atom is 0.322 e. The fourth-order valence-corrected chi connectivity index (χ4v) is 3.86. The molecule has 0 radical (unpaired) electrons. The monoisotopic (exact) mass is 617 g/mol. The molecule has 0 bridgehead atoms. The minimum atomic E-state index is -1.20. The van der Waals surface area contributed by atoms with Crippen LogP contribution < -0.4 is 31.9 Å². The van der Waals surface area contributed by atoms with E-state index in [1.165, 1.54) is 12.3 Å². The number of fused-ring (bicyclic) bond motifs is 1. The van der Waals surface area contributed by atoms with E-state index in [4.69, 9.17) is 10.2 Å². The summed E-state index contributed by atoms with van der Waals surface area (Å²) in [5.74, 6) is -5.32. The molecule has 1 unspecified atom stereocenters. The van der Waals surface area contributed by atoms with E-state index in [9.17, 15) is 38.7 Å². The highest BCUT2D eigenvalue weighted by Crippen LogP contribution is 2.24. The van der Waals surface area contributed by atoms with Crippen molar-refractivity contribution in [2.75, 3.05) is 44.6 Å². The van der Waals surface area contributed by atoms with Crippen LogP contribution >= 0.6 is 0 Å². The lowest BCUT2D eigenvalue weighted by Crippen LogP contribution is -2.42. The minimum Gasteiger partial charge on any atom is -0.480 e. The van der Waals surface area contributed by atoms with Crippen LogP contribution in [0.15, 0.2) is 30.5 Å². The Kier molecular flexibility index (Phi) is 14.6. The number of benzene rings is 1. The Hall–Kier alpha value is -5.16. The van der Waals surface area contributed by atoms with Crippen LogP contribution in [0.3, 0.4) is 0 Å². The number of nitrogens with zero attached hydrogens (tertiary/aromatic N) is 1. The van der Waals surface area contributed by atoms with Crippen LogP contribution in [0.5, 0.6) is 0 Å². The number of carbonyl (C=O) groups is 7. The zero-order chi connectivity index (χ0) is 32.5. The number of carbonyl (C=O) groups excluding carboxylic acids is 4. The molecule has 0 aliphatic rings. The highest BCUT2D eigenvalue weighted by atomic mass is 16.4. The summed E-state index contributed by atoms with van der Waals surface area (Å²) in [7, 11) is 0. The van der Waals surface area contributed by atoms with Crippen molar-refractivity contribution in [2.24, 2.45) is 0 Å². The molecule has 1 atom stereocenters. The summed E-state index contributed by atoms with van der Waals surface area (Å²) in [4.78, 5) is 85.8. The maximum atomic E-state index is 12.5. The summed E-state index contributed by atoms with van der Waals surface area (Å²) in [6.45, 7) is -0.200. The molecule has 4 amide bonds. The predicted molar refractivity (Wildman–Crippen MR) is 155 cm³/mol. The third kappa shape index (κ3) is 12.8. The molecule has 9 N–H and O–H groups in total. The van der Waals surface area contributed by atoms with Gasteiger partial charge in [-0.25, -0.2) is 0 Å². The van der Waals surface area contributed by atoms with Gasteiger partial charge in [-0.05, 0) is 18.6 Å². The van der Waals surface area contributed by atoms with Crippen molar-refractivity contribution in [3.05, 3.63) is 36.0 Å². The lowest BCUT2D eigenvalue weighted by atomic mass is 10.1. The van der Waals surface area contributed by atoms with Gasteiger partial charge in [0.2, 0.25) is 17.7 Å². The molecular weight excluding hydrogens is 582 g/mol. The number of amides is 4. The topological polar surface area (TPSA) is 265 Å². The first-order valence-electron chi connectivity index (χ1n) is 13.6. The summed E-state index contributed by atoms with van der Waals surface area (Å²) in [5.41, 5.74) is 0.792. The van der Waals surface area contributed by atoms with Gasteiger partial charge in [-0.1, -0.05) is 12.1 Å². The summed E-state index contributed by atoms with van der Waals surface area (Å²) < 4.78 is 0. The van der Waals surface area contributed by atoms with Crippen molar-refractivity contribution in [3.8, 4) is 0 Å². The first-order chi connectivity index (χ1) is 21.0. The largest absolute Gasteiger partial charge is 0.480 e. The number of rotatable bonds is 20. The number of nitrogens with one attached hydrogen (secondary N) is 6. The van der Waals surface area contributed by atoms with Crippen LogP contribution in [0, 0.1) is 0 Å². The fourth-order valence-electron chi connectivity index (χ4n) is 3.86. The van der Waals surface area contributed by atoms with Gasteiger partial charge in [0.1, 0.15) is 12.6 Å². The van der Waals surface area contributed by atoms with Gasteiger partial charge < -0.3 is 47.2 Å². The molecule has 1 aromatic carbocycles. The lowest BCUT2D eigenvalue weighted by molar-refractivity contribution is -0.140. The molecule has 0 fully saturated rings. The molecule has 17 nitrogen and oxygen atoms in total. The number of carboxylic acids is 3. The number of para-hydroxylation sites is 1. The van der Waals surface area contributed by atoms with E-state index in [-0.39, 0.29) is 64.0 Å². The van der Waals surface area contributed by atoms with Crippen LogP contribution in [-0.4, -0.2) is 107 Å². The van der Waals surface area contributed by atoms with Gasteiger partial charge in [0.25, 0.3) is 5.91 Å². The van der Waals surface area contributed by atoms with Crippen molar-refractivity contribution >= 4 is 58.1 Å². The number of anilines is 1. The SMILES string of the molecule is O=C(O)CNCCNC(CCC(=O)NCCNC(=O)CCC(=O)Nc1cccc2c(C(=O)NCC(=O)O)ccnc12)C(=O)O. The zero-order valence-corrected chi connectivity index (χ0v) is 23.7. The van der Waals surface area contributed by atoms with Gasteiger partial charge in [-0.15, -0.1) is 0 Å². The summed E-state index contributed by atoms with van der Waals surface area (Å²) in [6.07, 6.45) is 0.967. The highest BCUT2D eigenvalue weighted by molar-refractivity contribution is 6.10. The van der Waals surface area contributed by atoms with Crippen molar-refractivity contribution < 1.29 is 48.9 Å². The van der Waals surface area contributed by atoms with Crippen LogP contribution in [0.25, 0.3) is 10.9 Å². The zero-order valence-electron chi connectivity index (χ0n) is 23.7. The van der Waals surface area contributed by atoms with Crippen molar-refractivity contribution in [3.63, 3.8) is 0 Å². The van der Waals surface area contributed by atoms with E-state index in [1.807, 2.05) is 0 Å². The Bertz CT molecular complexity index is 1370. The Morgan fingerprint density at radius 2 is 1.39 bits per heavy atom. The Morgan fingerprint density at radius 3 is 2.05 bits per heavy atom. The quantitative estimate of drug-likeness (QED) is 0.0767. The predicted octanol–water partition coefficient (Wildman–Crippen LogP) is -1.50. The first kappa shape index (κ1) is 35.0. The number of hydrogen-bond acceptors (Lipinski definition) is 10. The van der Waals surface area contributed by atoms with E-state index in [1.54, 1.807) is 18.2 Å². The second-order valence-electron chi connectivity index (χ2n) is 9.34. The molecular formula is C27H35N7O10. The smallest absolute Gasteiger partial charge is 0.322 e. The molecule has 0 aliphatic heterocycles. The van der Waals surface area contributed by atoms with Gasteiger partial charge in [0, 0.05) is 57.0 Å². The van der Waals surface area contributed by atoms with Gasteiger partial charge in [-0.2, -0.15) is 0 Å². The number of aliphatic carboxylic acids is 3. The summed E-state index contributed by atoms with van der Waals surface area (Å²) in [6, 6.07) is 5.20. The van der Waals surface area contributed by atoms with E-state index in [0.29, 0.717) is 16.6 Å². The van der Waals surface area contributed by atoms with E-state index >= 15 is 0 Å². The van der Waals surface area contributed by atoms with Crippen LogP contribution in [-0.2, 0) is 28.8 Å². The van der Waals surface area contributed by atoms with Gasteiger partial charge >= 0.3 is 17.9 Å². The highest BCUT2D eigenvalue weighted by Gasteiger charge is 2.18. The third-order valence-corrected chi connectivity index (χ3v) is 5.97. The molecule has 0 saturated heterocycles. The number of pyridine rings is 1. The summed E-state index contributed by atoms with van der Waals surface area (Å²) >= 11 is 0. The molecule has 1 heterocycles. The lowest BCUT2D eigenvalue weighted by Gasteiger charge is -2.14. The Morgan fingerprint density at radius 1 is 0.727 bits per heavy atom. The molecule has 1 aromatic heterocycles. The second kappa shape index (κ2) is 18.4. The minimum absolute atomic E-state index is 0.00696. The fraction of sp³-hybridized carbons (Fsp3) is 0.407. The standard InChI is InChI=1S/C27H35N7O10/c35-20(5-4-19(27(43)44)29-11-10-28-14-23(38)39)30-12-13-31-21(36)6-7-22(37)34-18-3-1-2-16-17(8-9-32-25(16)18)26(42)33-15-24(40)41/h1-3,8-9,19,28-29H,4-7,10-15H2,(H,30,35)(H,31,36)(H,33,42)(H,34,37)(H,38,39)(H,40,41)(H,43,44). The molecule has 2 aromatic rings. The third-order valence-electron chi connectivity index (χ3n) is 5.97. The van der Waals surface area contributed by atoms with E-state index in [2.05, 4.69) is 36.9 Å². The van der Waals surface area contributed by atoms with Crippen molar-refractivity contribution in [2.45, 2.75) is 31.7 Å².